The van der Waals surface area contributed by atoms with E-state index in [1.807, 2.05) is 36.1 Å². The number of fused-ring (bicyclic) bond motifs is 1. The van der Waals surface area contributed by atoms with Gasteiger partial charge in [-0.25, -0.2) is 9.78 Å². The molecule has 0 bridgehead atoms. The smallest absolute Gasteiger partial charge is 0.345 e. The molecule has 1 aliphatic heterocycles. The van der Waals surface area contributed by atoms with Gasteiger partial charge >= 0.3 is 5.97 Å². The van der Waals surface area contributed by atoms with Crippen LogP contribution in [-0.4, -0.2) is 28.7 Å². The molecule has 1 aromatic carbocycles. The summed E-state index contributed by atoms with van der Waals surface area (Å²) in [5, 5.41) is 0. The highest BCUT2D eigenvalue weighted by Gasteiger charge is 2.26. The summed E-state index contributed by atoms with van der Waals surface area (Å²) in [5.74, 6) is -0.0639. The van der Waals surface area contributed by atoms with E-state index < -0.39 is 5.97 Å². The quantitative estimate of drug-likeness (QED) is 0.810. The number of hydrogen-bond acceptors (Lipinski definition) is 5. The largest absolute Gasteiger partial charge is 0.462 e. The second-order valence-corrected chi connectivity index (χ2v) is 5.14. The lowest BCUT2D eigenvalue weighted by Crippen LogP contribution is -2.27. The zero-order valence-corrected chi connectivity index (χ0v) is 12.6. The van der Waals surface area contributed by atoms with E-state index in [1.54, 1.807) is 6.92 Å². The predicted molar refractivity (Wildman–Crippen MR) is 82.6 cm³/mol. The Morgan fingerprint density at radius 1 is 1.27 bits per heavy atom. The van der Waals surface area contributed by atoms with Gasteiger partial charge in [-0.1, -0.05) is 17.7 Å². The molecule has 6 nitrogen and oxygen atoms in total. The Bertz CT molecular complexity index is 765. The maximum absolute atomic E-state index is 12.4. The highest BCUT2D eigenvalue weighted by Crippen LogP contribution is 2.27. The summed E-state index contributed by atoms with van der Waals surface area (Å²) in [5.41, 5.74) is 1.79. The van der Waals surface area contributed by atoms with Crippen LogP contribution in [0.3, 0.4) is 0 Å². The minimum absolute atomic E-state index is 0.0173. The Hall–Kier alpha value is -2.63. The summed E-state index contributed by atoms with van der Waals surface area (Å²) in [6, 6.07) is 8.03. The molecule has 0 amide bonds. The van der Waals surface area contributed by atoms with Crippen molar-refractivity contribution in [2.75, 3.05) is 18.1 Å². The highest BCUT2D eigenvalue weighted by molar-refractivity contribution is 5.88. The van der Waals surface area contributed by atoms with Gasteiger partial charge in [-0.2, -0.15) is 0 Å². The molecule has 0 spiro atoms. The Morgan fingerprint density at radius 2 is 2.00 bits per heavy atom. The lowest BCUT2D eigenvalue weighted by molar-refractivity contribution is 0.0523. The van der Waals surface area contributed by atoms with Gasteiger partial charge in [0.15, 0.2) is 0 Å². The van der Waals surface area contributed by atoms with Gasteiger partial charge in [0.2, 0.25) is 5.95 Å². The van der Waals surface area contributed by atoms with Gasteiger partial charge in [0.1, 0.15) is 5.56 Å². The van der Waals surface area contributed by atoms with Crippen molar-refractivity contribution in [1.29, 1.82) is 0 Å². The second kappa shape index (κ2) is 5.63. The molecule has 0 radical (unpaired) electrons. The molecule has 2 heterocycles. The van der Waals surface area contributed by atoms with E-state index in [-0.39, 0.29) is 17.7 Å². The summed E-state index contributed by atoms with van der Waals surface area (Å²) >= 11 is 0. The predicted octanol–water partition coefficient (Wildman–Crippen LogP) is 1.88. The minimum Gasteiger partial charge on any atom is -0.462 e. The fourth-order valence-electron chi connectivity index (χ4n) is 2.52. The number of benzene rings is 1. The van der Waals surface area contributed by atoms with Gasteiger partial charge < -0.3 is 9.64 Å². The fraction of sp³-hybridized carbons (Fsp3) is 0.312. The second-order valence-electron chi connectivity index (χ2n) is 5.14. The van der Waals surface area contributed by atoms with Crippen molar-refractivity contribution in [3.8, 4) is 0 Å². The number of nitrogens with zero attached hydrogens (tertiary/aromatic N) is 3. The third-order valence-electron chi connectivity index (χ3n) is 3.66. The molecule has 0 unspecified atom stereocenters. The van der Waals surface area contributed by atoms with Crippen LogP contribution in [0, 0.1) is 6.92 Å². The van der Waals surface area contributed by atoms with Crippen molar-refractivity contribution < 1.29 is 9.53 Å². The minimum atomic E-state index is -0.621. The van der Waals surface area contributed by atoms with Gasteiger partial charge in [0.25, 0.3) is 5.56 Å². The van der Waals surface area contributed by atoms with E-state index >= 15 is 0 Å². The third-order valence-corrected chi connectivity index (χ3v) is 3.66. The average Bonchev–Trinajstić information content (AvgIpc) is 2.93. The number of esters is 1. The molecule has 0 fully saturated rings. The fourth-order valence-corrected chi connectivity index (χ4v) is 2.52. The summed E-state index contributed by atoms with van der Waals surface area (Å²) in [4.78, 5) is 30.4. The monoisotopic (exact) mass is 299 g/mol. The topological polar surface area (TPSA) is 64.4 Å². The number of aromatic nitrogens is 2. The molecule has 1 aliphatic rings. The van der Waals surface area contributed by atoms with Crippen LogP contribution >= 0.6 is 0 Å². The molecule has 0 saturated carbocycles. The molecule has 22 heavy (non-hydrogen) atoms. The van der Waals surface area contributed by atoms with Crippen molar-refractivity contribution in [1.82, 2.24) is 9.55 Å². The van der Waals surface area contributed by atoms with Crippen molar-refractivity contribution >= 4 is 17.6 Å². The van der Waals surface area contributed by atoms with Gasteiger partial charge in [0.05, 0.1) is 12.8 Å². The maximum atomic E-state index is 12.4. The summed E-state index contributed by atoms with van der Waals surface area (Å²) in [6.45, 7) is 5.11. The van der Waals surface area contributed by atoms with E-state index in [2.05, 4.69) is 4.98 Å². The number of hydrogen-bond donors (Lipinski definition) is 0. The molecule has 0 atom stereocenters. The zero-order valence-electron chi connectivity index (χ0n) is 12.6. The van der Waals surface area contributed by atoms with Crippen LogP contribution in [0.5, 0.6) is 0 Å². The van der Waals surface area contributed by atoms with Crippen molar-refractivity contribution in [2.24, 2.45) is 0 Å². The molecule has 3 rings (SSSR count). The van der Waals surface area contributed by atoms with Crippen molar-refractivity contribution in [2.45, 2.75) is 20.4 Å². The lowest BCUT2D eigenvalue weighted by Gasteiger charge is -2.17. The van der Waals surface area contributed by atoms with Crippen LogP contribution in [0.2, 0.25) is 0 Å². The van der Waals surface area contributed by atoms with Crippen LogP contribution in [-0.2, 0) is 11.3 Å². The van der Waals surface area contributed by atoms with Crippen LogP contribution in [0.25, 0.3) is 0 Å². The molecule has 0 N–H and O–H groups in total. The molecule has 1 aromatic heterocycles. The lowest BCUT2D eigenvalue weighted by atomic mass is 10.2. The van der Waals surface area contributed by atoms with Gasteiger partial charge in [-0.3, -0.25) is 9.36 Å². The third kappa shape index (κ3) is 2.36. The normalized spacial score (nSPS) is 13.1. The number of ether oxygens (including phenoxy) is 1. The molecular formula is C16H17N3O3. The van der Waals surface area contributed by atoms with Crippen LogP contribution in [0.4, 0.5) is 11.6 Å². The molecule has 114 valence electrons. The number of carbonyl (C=O) groups excluding carboxylic acids is 1. The number of carbonyl (C=O) groups is 1. The summed E-state index contributed by atoms with van der Waals surface area (Å²) in [6.07, 6.45) is 1.30. The molecule has 6 heteroatoms. The Labute approximate surface area is 128 Å². The standard InChI is InChI=1S/C16H17N3O3/c1-3-22-15(21)13-10-17-16-18(8-9-19(16)14(13)20)12-6-4-11(2)5-7-12/h4-7,10H,3,8-9H2,1-2H3. The van der Waals surface area contributed by atoms with E-state index in [4.69, 9.17) is 4.74 Å². The highest BCUT2D eigenvalue weighted by atomic mass is 16.5. The molecule has 2 aromatic rings. The molecular weight excluding hydrogens is 282 g/mol. The van der Waals surface area contributed by atoms with E-state index in [0.717, 1.165) is 5.69 Å². The molecule has 0 saturated heterocycles. The van der Waals surface area contributed by atoms with Crippen LogP contribution in [0.1, 0.15) is 22.8 Å². The van der Waals surface area contributed by atoms with Crippen molar-refractivity contribution in [3.63, 3.8) is 0 Å². The number of anilines is 2. The number of aryl methyl sites for hydroxylation is 1. The summed E-state index contributed by atoms with van der Waals surface area (Å²) in [7, 11) is 0. The average molecular weight is 299 g/mol. The Kier molecular flexibility index (Phi) is 3.66. The summed E-state index contributed by atoms with van der Waals surface area (Å²) < 4.78 is 6.41. The first-order chi connectivity index (χ1) is 10.6. The van der Waals surface area contributed by atoms with Crippen LogP contribution < -0.4 is 10.5 Å². The first kappa shape index (κ1) is 14.3. The Morgan fingerprint density at radius 3 is 2.68 bits per heavy atom. The maximum Gasteiger partial charge on any atom is 0.345 e. The van der Waals surface area contributed by atoms with E-state index in [1.165, 1.54) is 16.3 Å². The van der Waals surface area contributed by atoms with E-state index in [0.29, 0.717) is 19.0 Å². The Balaban J connectivity index is 1.99. The number of rotatable bonds is 3. The van der Waals surface area contributed by atoms with Gasteiger partial charge in [-0.05, 0) is 26.0 Å². The van der Waals surface area contributed by atoms with Crippen LogP contribution in [0.15, 0.2) is 35.3 Å². The first-order valence-corrected chi connectivity index (χ1v) is 7.23. The first-order valence-electron chi connectivity index (χ1n) is 7.23. The SMILES string of the molecule is CCOC(=O)c1cnc2n(c1=O)CCN2c1ccc(C)cc1. The van der Waals surface area contributed by atoms with Gasteiger partial charge in [0, 0.05) is 18.8 Å². The zero-order chi connectivity index (χ0) is 15.7. The van der Waals surface area contributed by atoms with Gasteiger partial charge in [-0.15, -0.1) is 0 Å². The van der Waals surface area contributed by atoms with Crippen molar-refractivity contribution in [3.05, 3.63) is 51.9 Å². The van der Waals surface area contributed by atoms with E-state index in [9.17, 15) is 9.59 Å². The molecule has 0 aliphatic carbocycles.